The van der Waals surface area contributed by atoms with E-state index in [9.17, 15) is 4.79 Å². The van der Waals surface area contributed by atoms with E-state index in [2.05, 4.69) is 13.0 Å². The fourth-order valence-corrected chi connectivity index (χ4v) is 1.88. The maximum Gasteiger partial charge on any atom is 0.312 e. The molecule has 0 aromatic heterocycles. The zero-order valence-electron chi connectivity index (χ0n) is 10.8. The Morgan fingerprint density at radius 1 is 1.35 bits per heavy atom. The first-order chi connectivity index (χ1) is 8.19. The number of carbonyl (C=O) groups is 1. The normalized spacial score (nSPS) is 13.2. The highest BCUT2D eigenvalue weighted by Gasteiger charge is 2.19. The molecule has 1 unspecified atom stereocenters. The van der Waals surface area contributed by atoms with Gasteiger partial charge in [0, 0.05) is 0 Å². The summed E-state index contributed by atoms with van der Waals surface area (Å²) in [5.74, 6) is -0.262. The van der Waals surface area contributed by atoms with Crippen LogP contribution in [-0.4, -0.2) is 13.1 Å². The van der Waals surface area contributed by atoms with Gasteiger partial charge in [-0.3, -0.25) is 4.79 Å². The van der Waals surface area contributed by atoms with Gasteiger partial charge in [-0.1, -0.05) is 55.3 Å². The minimum Gasteiger partial charge on any atom is -0.469 e. The van der Waals surface area contributed by atoms with Gasteiger partial charge in [-0.05, 0) is 18.9 Å². The molecule has 2 nitrogen and oxygen atoms in total. The first-order valence-electron chi connectivity index (χ1n) is 6.00. The van der Waals surface area contributed by atoms with Crippen molar-refractivity contribution in [2.24, 2.45) is 5.92 Å². The molecule has 0 bridgehead atoms. The summed E-state index contributed by atoms with van der Waals surface area (Å²) in [5.41, 5.74) is 2.18. The Balaban J connectivity index is 2.87. The number of hydrogen-bond acceptors (Lipinski definition) is 2. The second kappa shape index (κ2) is 6.89. The van der Waals surface area contributed by atoms with E-state index >= 15 is 0 Å². The van der Waals surface area contributed by atoms with E-state index in [1.807, 2.05) is 37.3 Å². The lowest BCUT2D eigenvalue weighted by molar-refractivity contribution is -0.144. The smallest absolute Gasteiger partial charge is 0.312 e. The van der Waals surface area contributed by atoms with Crippen LogP contribution < -0.4 is 0 Å². The molecule has 92 valence electrons. The summed E-state index contributed by atoms with van der Waals surface area (Å²) in [4.78, 5) is 11.7. The van der Waals surface area contributed by atoms with Gasteiger partial charge in [0.2, 0.25) is 0 Å². The molecule has 0 aliphatic carbocycles. The van der Waals surface area contributed by atoms with Crippen LogP contribution in [0, 0.1) is 5.92 Å². The van der Waals surface area contributed by atoms with Crippen molar-refractivity contribution < 1.29 is 9.53 Å². The minimum atomic E-state index is -0.142. The fourth-order valence-electron chi connectivity index (χ4n) is 1.88. The zero-order valence-corrected chi connectivity index (χ0v) is 10.8. The lowest BCUT2D eigenvalue weighted by Crippen LogP contribution is -2.17. The van der Waals surface area contributed by atoms with Crippen molar-refractivity contribution in [3.05, 3.63) is 41.5 Å². The number of ether oxygens (including phenoxy) is 1. The Kier molecular flexibility index (Phi) is 5.47. The van der Waals surface area contributed by atoms with Crippen LogP contribution in [0.25, 0.3) is 6.08 Å². The average Bonchev–Trinajstić information content (AvgIpc) is 2.36. The molecular formula is C15H20O2. The van der Waals surface area contributed by atoms with Crippen LogP contribution >= 0.6 is 0 Å². The van der Waals surface area contributed by atoms with Gasteiger partial charge in [-0.15, -0.1) is 0 Å². The summed E-state index contributed by atoms with van der Waals surface area (Å²) in [5, 5.41) is 0. The van der Waals surface area contributed by atoms with Gasteiger partial charge >= 0.3 is 5.97 Å². The predicted molar refractivity (Wildman–Crippen MR) is 70.5 cm³/mol. The fraction of sp³-hybridized carbons (Fsp3) is 0.400. The molecule has 0 saturated heterocycles. The molecule has 2 heteroatoms. The summed E-state index contributed by atoms with van der Waals surface area (Å²) < 4.78 is 4.84. The van der Waals surface area contributed by atoms with Crippen molar-refractivity contribution in [3.8, 4) is 0 Å². The van der Waals surface area contributed by atoms with Gasteiger partial charge in [-0.25, -0.2) is 0 Å². The third-order valence-electron chi connectivity index (χ3n) is 2.81. The molecule has 0 spiro atoms. The quantitative estimate of drug-likeness (QED) is 0.724. The average molecular weight is 232 g/mol. The molecule has 17 heavy (non-hydrogen) atoms. The van der Waals surface area contributed by atoms with E-state index in [0.717, 1.165) is 24.0 Å². The van der Waals surface area contributed by atoms with Crippen molar-refractivity contribution in [2.45, 2.75) is 26.7 Å². The SMILES string of the molecule is CCCC(C(=O)OC)/C(C)=C\c1ccccc1. The first kappa shape index (κ1) is 13.5. The summed E-state index contributed by atoms with van der Waals surface area (Å²) in [6.07, 6.45) is 3.86. The van der Waals surface area contributed by atoms with Crippen molar-refractivity contribution in [3.63, 3.8) is 0 Å². The summed E-state index contributed by atoms with van der Waals surface area (Å²) in [6.45, 7) is 4.07. The monoisotopic (exact) mass is 232 g/mol. The Hall–Kier alpha value is -1.57. The van der Waals surface area contributed by atoms with E-state index in [1.54, 1.807) is 0 Å². The predicted octanol–water partition coefficient (Wildman–Crippen LogP) is 3.68. The molecule has 0 N–H and O–H groups in total. The Morgan fingerprint density at radius 3 is 2.53 bits per heavy atom. The topological polar surface area (TPSA) is 26.3 Å². The maximum absolute atomic E-state index is 11.7. The number of benzene rings is 1. The summed E-state index contributed by atoms with van der Waals surface area (Å²) >= 11 is 0. The van der Waals surface area contributed by atoms with Crippen molar-refractivity contribution in [2.75, 3.05) is 7.11 Å². The standard InChI is InChI=1S/C15H20O2/c1-4-8-14(15(16)17-3)12(2)11-13-9-6-5-7-10-13/h5-7,9-11,14H,4,8H2,1-3H3/b12-11-. The van der Waals surface area contributed by atoms with Crippen LogP contribution in [0.15, 0.2) is 35.9 Å². The maximum atomic E-state index is 11.7. The van der Waals surface area contributed by atoms with Crippen LogP contribution in [0.4, 0.5) is 0 Å². The van der Waals surface area contributed by atoms with Crippen LogP contribution in [0.1, 0.15) is 32.3 Å². The third-order valence-corrected chi connectivity index (χ3v) is 2.81. The van der Waals surface area contributed by atoms with Crippen LogP contribution in [0.5, 0.6) is 0 Å². The van der Waals surface area contributed by atoms with Gasteiger partial charge in [0.25, 0.3) is 0 Å². The molecular weight excluding hydrogens is 212 g/mol. The Bertz CT molecular complexity index is 379. The molecule has 1 aromatic rings. The first-order valence-corrected chi connectivity index (χ1v) is 6.00. The second-order valence-corrected chi connectivity index (χ2v) is 4.16. The number of carbonyl (C=O) groups excluding carboxylic acids is 1. The largest absolute Gasteiger partial charge is 0.469 e. The van der Waals surface area contributed by atoms with Gasteiger partial charge < -0.3 is 4.74 Å². The number of methoxy groups -OCH3 is 1. The van der Waals surface area contributed by atoms with Crippen LogP contribution in [0.2, 0.25) is 0 Å². The molecule has 0 radical (unpaired) electrons. The molecule has 1 atom stereocenters. The molecule has 0 saturated carbocycles. The number of rotatable bonds is 5. The van der Waals surface area contributed by atoms with Crippen LogP contribution in [-0.2, 0) is 9.53 Å². The summed E-state index contributed by atoms with van der Waals surface area (Å²) in [7, 11) is 1.45. The molecule has 0 aliphatic rings. The number of esters is 1. The van der Waals surface area contributed by atoms with Crippen molar-refractivity contribution in [1.82, 2.24) is 0 Å². The molecule has 0 heterocycles. The second-order valence-electron chi connectivity index (χ2n) is 4.16. The van der Waals surface area contributed by atoms with E-state index < -0.39 is 0 Å². The minimum absolute atomic E-state index is 0.120. The summed E-state index contributed by atoms with van der Waals surface area (Å²) in [6, 6.07) is 10.0. The van der Waals surface area contributed by atoms with Crippen LogP contribution in [0.3, 0.4) is 0 Å². The van der Waals surface area contributed by atoms with Crippen molar-refractivity contribution in [1.29, 1.82) is 0 Å². The zero-order chi connectivity index (χ0) is 12.7. The Morgan fingerprint density at radius 2 is 2.00 bits per heavy atom. The van der Waals surface area contributed by atoms with E-state index in [0.29, 0.717) is 0 Å². The highest BCUT2D eigenvalue weighted by Crippen LogP contribution is 2.21. The van der Waals surface area contributed by atoms with Gasteiger partial charge in [0.1, 0.15) is 0 Å². The Labute approximate surface area is 103 Å². The van der Waals surface area contributed by atoms with Gasteiger partial charge in [0.15, 0.2) is 0 Å². The molecule has 0 fully saturated rings. The van der Waals surface area contributed by atoms with Gasteiger partial charge in [0.05, 0.1) is 13.0 Å². The number of hydrogen-bond donors (Lipinski definition) is 0. The highest BCUT2D eigenvalue weighted by molar-refractivity contribution is 5.77. The molecule has 1 aromatic carbocycles. The highest BCUT2D eigenvalue weighted by atomic mass is 16.5. The lowest BCUT2D eigenvalue weighted by atomic mass is 9.94. The van der Waals surface area contributed by atoms with E-state index in [4.69, 9.17) is 4.74 Å². The van der Waals surface area contributed by atoms with Crippen molar-refractivity contribution >= 4 is 12.0 Å². The molecule has 1 rings (SSSR count). The van der Waals surface area contributed by atoms with E-state index in [-0.39, 0.29) is 11.9 Å². The van der Waals surface area contributed by atoms with Gasteiger partial charge in [-0.2, -0.15) is 0 Å². The lowest BCUT2D eigenvalue weighted by Gasteiger charge is -2.14. The molecule has 0 aliphatic heterocycles. The van der Waals surface area contributed by atoms with E-state index in [1.165, 1.54) is 7.11 Å². The third kappa shape index (κ3) is 4.06. The molecule has 0 amide bonds.